The number of aromatic nitrogens is 1. The molecule has 37 heavy (non-hydrogen) atoms. The quantitative estimate of drug-likeness (QED) is 0.307. The molecule has 0 amide bonds. The third-order valence-corrected chi connectivity index (χ3v) is 8.39. The lowest BCUT2D eigenvalue weighted by Crippen LogP contribution is -2.21. The van der Waals surface area contributed by atoms with Gasteiger partial charge in [-0.1, -0.05) is 65.8 Å². The van der Waals surface area contributed by atoms with Gasteiger partial charge in [-0.25, -0.2) is 23.4 Å². The molecule has 1 aromatic carbocycles. The summed E-state index contributed by atoms with van der Waals surface area (Å²) >= 11 is 0. The van der Waals surface area contributed by atoms with Crippen molar-refractivity contribution in [3.8, 4) is 0 Å². The SMILES string of the molecule is CCC(C)S(=O)(=O)c1cccc2c1C(N=C(N)/C=C(\OC)C(C)(C)C)=NC2=Nc1cc(C(C)(C)C)on1. The van der Waals surface area contributed by atoms with Gasteiger partial charge >= 0.3 is 0 Å². The molecule has 1 aliphatic rings. The summed E-state index contributed by atoms with van der Waals surface area (Å²) in [5.74, 6) is 2.20. The van der Waals surface area contributed by atoms with E-state index in [9.17, 15) is 8.42 Å². The summed E-state index contributed by atoms with van der Waals surface area (Å²) in [5, 5.41) is 3.47. The number of methoxy groups -OCH3 is 1. The molecule has 0 radical (unpaired) electrons. The van der Waals surface area contributed by atoms with Crippen LogP contribution in [-0.2, 0) is 20.0 Å². The van der Waals surface area contributed by atoms with Gasteiger partial charge in [-0.3, -0.25) is 0 Å². The first-order valence-corrected chi connectivity index (χ1v) is 13.8. The summed E-state index contributed by atoms with van der Waals surface area (Å²) in [5.41, 5.74) is 6.62. The van der Waals surface area contributed by atoms with E-state index in [1.807, 2.05) is 48.5 Å². The fourth-order valence-electron chi connectivity index (χ4n) is 3.65. The van der Waals surface area contributed by atoms with Gasteiger partial charge in [-0.2, -0.15) is 0 Å². The Morgan fingerprint density at radius 2 is 1.89 bits per heavy atom. The molecule has 0 bridgehead atoms. The summed E-state index contributed by atoms with van der Waals surface area (Å²) < 4.78 is 37.9. The molecule has 1 aliphatic heterocycles. The van der Waals surface area contributed by atoms with E-state index in [1.165, 1.54) is 0 Å². The molecule has 1 atom stereocenters. The average molecular weight is 528 g/mol. The number of fused-ring (bicyclic) bond motifs is 1. The highest BCUT2D eigenvalue weighted by Crippen LogP contribution is 2.33. The Labute approximate surface area is 219 Å². The van der Waals surface area contributed by atoms with Crippen LogP contribution in [0.15, 0.2) is 60.5 Å². The van der Waals surface area contributed by atoms with Crippen molar-refractivity contribution in [2.45, 2.75) is 77.4 Å². The van der Waals surface area contributed by atoms with E-state index in [0.29, 0.717) is 34.9 Å². The molecule has 0 saturated heterocycles. The lowest BCUT2D eigenvalue weighted by molar-refractivity contribution is 0.207. The van der Waals surface area contributed by atoms with Crippen molar-refractivity contribution in [2.75, 3.05) is 7.11 Å². The number of rotatable bonds is 6. The zero-order chi connectivity index (χ0) is 27.8. The Morgan fingerprint density at radius 1 is 1.22 bits per heavy atom. The Bertz CT molecular complexity index is 1400. The van der Waals surface area contributed by atoms with E-state index in [0.717, 1.165) is 0 Å². The van der Waals surface area contributed by atoms with Crippen LogP contribution >= 0.6 is 0 Å². The lowest BCUT2D eigenvalue weighted by atomic mass is 9.93. The Kier molecular flexibility index (Phi) is 7.83. The number of allylic oxidation sites excluding steroid dienone is 1. The number of benzene rings is 1. The van der Waals surface area contributed by atoms with Gasteiger partial charge in [0.25, 0.3) is 0 Å². The molecule has 0 saturated carbocycles. The van der Waals surface area contributed by atoms with E-state index < -0.39 is 15.1 Å². The maximum absolute atomic E-state index is 13.5. The molecule has 1 unspecified atom stereocenters. The smallest absolute Gasteiger partial charge is 0.197 e. The highest BCUT2D eigenvalue weighted by molar-refractivity contribution is 7.92. The Hall–Kier alpha value is -3.27. The average Bonchev–Trinajstić information content (AvgIpc) is 3.41. The molecule has 9 nitrogen and oxygen atoms in total. The zero-order valence-electron chi connectivity index (χ0n) is 23.1. The first-order valence-electron chi connectivity index (χ1n) is 12.2. The normalized spacial score (nSPS) is 17.1. The molecule has 10 heteroatoms. The zero-order valence-corrected chi connectivity index (χ0v) is 23.9. The predicted molar refractivity (Wildman–Crippen MR) is 147 cm³/mol. The second-order valence-corrected chi connectivity index (χ2v) is 13.4. The highest BCUT2D eigenvalue weighted by Gasteiger charge is 2.33. The topological polar surface area (TPSA) is 132 Å². The maximum atomic E-state index is 13.5. The van der Waals surface area contributed by atoms with Crippen LogP contribution in [0.1, 0.15) is 78.7 Å². The number of ether oxygens (including phenoxy) is 1. The summed E-state index contributed by atoms with van der Waals surface area (Å²) in [6.07, 6.45) is 2.08. The van der Waals surface area contributed by atoms with Crippen LogP contribution in [-0.4, -0.2) is 43.4 Å². The van der Waals surface area contributed by atoms with Crippen LogP contribution in [0.3, 0.4) is 0 Å². The molecular formula is C27H37N5O4S. The van der Waals surface area contributed by atoms with Crippen LogP contribution < -0.4 is 5.73 Å². The monoisotopic (exact) mass is 527 g/mol. The van der Waals surface area contributed by atoms with Crippen LogP contribution in [0.2, 0.25) is 0 Å². The highest BCUT2D eigenvalue weighted by atomic mass is 32.2. The second kappa shape index (κ2) is 10.2. The number of hydrogen-bond donors (Lipinski definition) is 1. The third kappa shape index (κ3) is 6.01. The molecule has 0 aliphatic carbocycles. The van der Waals surface area contributed by atoms with Gasteiger partial charge in [0.05, 0.1) is 17.3 Å². The van der Waals surface area contributed by atoms with Gasteiger partial charge in [-0.05, 0) is 19.4 Å². The number of aliphatic imine (C=N–C) groups is 3. The number of amidine groups is 3. The largest absolute Gasteiger partial charge is 0.500 e. The van der Waals surface area contributed by atoms with Crippen molar-refractivity contribution in [1.82, 2.24) is 5.16 Å². The summed E-state index contributed by atoms with van der Waals surface area (Å²) in [4.78, 5) is 13.8. The van der Waals surface area contributed by atoms with E-state index in [-0.39, 0.29) is 33.2 Å². The van der Waals surface area contributed by atoms with Crippen molar-refractivity contribution in [1.29, 1.82) is 0 Å². The first kappa shape index (κ1) is 28.3. The first-order chi connectivity index (χ1) is 17.1. The van der Waals surface area contributed by atoms with Gasteiger partial charge in [0.1, 0.15) is 17.4 Å². The molecule has 2 N–H and O–H groups in total. The minimum absolute atomic E-state index is 0.130. The molecule has 2 aromatic rings. The number of nitrogens with zero attached hydrogens (tertiary/aromatic N) is 4. The van der Waals surface area contributed by atoms with Crippen LogP contribution in [0.5, 0.6) is 0 Å². The van der Waals surface area contributed by atoms with Gasteiger partial charge in [-0.15, -0.1) is 0 Å². The van der Waals surface area contributed by atoms with Gasteiger partial charge in [0, 0.05) is 34.1 Å². The molecule has 0 spiro atoms. The summed E-state index contributed by atoms with van der Waals surface area (Å²) in [6, 6.07) is 6.77. The van der Waals surface area contributed by atoms with Crippen molar-refractivity contribution in [3.05, 3.63) is 53.0 Å². The maximum Gasteiger partial charge on any atom is 0.197 e. The molecule has 200 valence electrons. The second-order valence-electron chi connectivity index (χ2n) is 11.1. The molecule has 1 aromatic heterocycles. The van der Waals surface area contributed by atoms with Gasteiger partial charge in [0.15, 0.2) is 27.3 Å². The minimum Gasteiger partial charge on any atom is -0.500 e. The van der Waals surface area contributed by atoms with Crippen molar-refractivity contribution in [3.63, 3.8) is 0 Å². The number of sulfone groups is 1. The standard InChI is InChI=1S/C27H37N5O4S/c1-10-16(2)37(33,34)18-13-11-12-17-23(18)25(29-21(28)14-19(35-9)26(3,4)5)31-24(17)30-22-15-20(36-32-22)27(6,7)8/h11-16H,10H2,1-9H3,(H2,28,29,30,31,32)/b19-14-. The van der Waals surface area contributed by atoms with Gasteiger partial charge < -0.3 is 15.0 Å². The van der Waals surface area contributed by atoms with Crippen LogP contribution in [0.25, 0.3) is 0 Å². The van der Waals surface area contributed by atoms with Crippen LogP contribution in [0.4, 0.5) is 5.82 Å². The Morgan fingerprint density at radius 3 is 2.43 bits per heavy atom. The van der Waals surface area contributed by atoms with Crippen molar-refractivity contribution < 1.29 is 17.7 Å². The fraction of sp³-hybridized carbons (Fsp3) is 0.481. The van der Waals surface area contributed by atoms with E-state index in [4.69, 9.17) is 15.0 Å². The van der Waals surface area contributed by atoms with E-state index >= 15 is 0 Å². The summed E-state index contributed by atoms with van der Waals surface area (Å²) in [7, 11) is -2.10. The van der Waals surface area contributed by atoms with Crippen molar-refractivity contribution in [2.24, 2.45) is 26.1 Å². The minimum atomic E-state index is -3.67. The molecule has 3 rings (SSSR count). The number of hydrogen-bond acceptors (Lipinski definition) is 7. The fourth-order valence-corrected chi connectivity index (χ4v) is 5.28. The molecule has 0 fully saturated rings. The van der Waals surface area contributed by atoms with Gasteiger partial charge in [0.2, 0.25) is 0 Å². The Balaban J connectivity index is 2.24. The third-order valence-electron chi connectivity index (χ3n) is 6.04. The molecular weight excluding hydrogens is 490 g/mol. The molecule has 2 heterocycles. The van der Waals surface area contributed by atoms with Crippen LogP contribution in [0, 0.1) is 5.41 Å². The number of nitrogens with two attached hydrogens (primary N) is 1. The summed E-state index contributed by atoms with van der Waals surface area (Å²) in [6.45, 7) is 15.5. The van der Waals surface area contributed by atoms with E-state index in [2.05, 4.69) is 20.1 Å². The lowest BCUT2D eigenvalue weighted by Gasteiger charge is -2.21. The predicted octanol–water partition coefficient (Wildman–Crippen LogP) is 5.32. The van der Waals surface area contributed by atoms with Crippen molar-refractivity contribution >= 4 is 33.2 Å². The van der Waals surface area contributed by atoms with E-state index in [1.54, 1.807) is 44.4 Å².